The van der Waals surface area contributed by atoms with Crippen LogP contribution in [0.5, 0.6) is 0 Å². The normalized spacial score (nSPS) is 22.1. The maximum absolute atomic E-state index is 5.28. The number of piperidine rings is 1. The number of aromatic nitrogens is 1. The molecule has 6 heteroatoms. The molecule has 1 unspecified atom stereocenters. The van der Waals surface area contributed by atoms with Crippen molar-refractivity contribution in [3.63, 3.8) is 0 Å². The van der Waals surface area contributed by atoms with E-state index in [0.29, 0.717) is 5.92 Å². The number of methoxy groups -OCH3 is 1. The molecule has 0 bridgehead atoms. The van der Waals surface area contributed by atoms with Crippen molar-refractivity contribution in [2.24, 2.45) is 16.8 Å². The lowest BCUT2D eigenvalue weighted by Gasteiger charge is -2.31. The van der Waals surface area contributed by atoms with Crippen molar-refractivity contribution in [1.82, 2.24) is 15.2 Å². The standard InChI is InChI=1S/C20H33N5O/c1-16-6-9-24(10-7-16)19-5-4-17(12-22-19)13-23-20(21-2)25-11-8-18(14-25)15-26-3/h4-5,12,16,18H,6-11,13-15H2,1-3H3,(H,21,23). The molecule has 26 heavy (non-hydrogen) atoms. The zero-order valence-electron chi connectivity index (χ0n) is 16.4. The Morgan fingerprint density at radius 2 is 2.08 bits per heavy atom. The Balaban J connectivity index is 1.49. The molecule has 1 N–H and O–H groups in total. The molecular formula is C20H33N5O. The highest BCUT2D eigenvalue weighted by atomic mass is 16.5. The van der Waals surface area contributed by atoms with Crippen LogP contribution >= 0.6 is 0 Å². The zero-order valence-corrected chi connectivity index (χ0v) is 16.4. The highest BCUT2D eigenvalue weighted by Gasteiger charge is 2.24. The summed E-state index contributed by atoms with van der Waals surface area (Å²) in [5.41, 5.74) is 1.19. The van der Waals surface area contributed by atoms with Gasteiger partial charge in [-0.3, -0.25) is 4.99 Å². The number of nitrogens with zero attached hydrogens (tertiary/aromatic N) is 4. The number of aliphatic imine (C=N–C) groups is 1. The molecule has 0 aliphatic carbocycles. The molecule has 2 fully saturated rings. The number of guanidine groups is 1. The van der Waals surface area contributed by atoms with Crippen molar-refractivity contribution in [2.45, 2.75) is 32.7 Å². The minimum absolute atomic E-state index is 0.603. The molecule has 144 valence electrons. The van der Waals surface area contributed by atoms with Crippen LogP contribution < -0.4 is 10.2 Å². The molecule has 2 aliphatic heterocycles. The zero-order chi connectivity index (χ0) is 18.4. The van der Waals surface area contributed by atoms with Gasteiger partial charge in [0.05, 0.1) is 6.61 Å². The number of hydrogen-bond donors (Lipinski definition) is 1. The van der Waals surface area contributed by atoms with Gasteiger partial charge in [-0.1, -0.05) is 13.0 Å². The Kier molecular flexibility index (Phi) is 6.72. The maximum Gasteiger partial charge on any atom is 0.193 e. The summed E-state index contributed by atoms with van der Waals surface area (Å²) in [7, 11) is 3.63. The molecule has 2 saturated heterocycles. The van der Waals surface area contributed by atoms with Crippen molar-refractivity contribution in [1.29, 1.82) is 0 Å². The average molecular weight is 360 g/mol. The maximum atomic E-state index is 5.28. The first-order chi connectivity index (χ1) is 12.7. The molecule has 0 spiro atoms. The van der Waals surface area contributed by atoms with Crippen LogP contribution in [0.25, 0.3) is 0 Å². The van der Waals surface area contributed by atoms with Gasteiger partial charge in [0.15, 0.2) is 5.96 Å². The van der Waals surface area contributed by atoms with E-state index in [0.717, 1.165) is 57.0 Å². The lowest BCUT2D eigenvalue weighted by atomic mass is 9.99. The largest absolute Gasteiger partial charge is 0.384 e. The Bertz CT molecular complexity index is 580. The van der Waals surface area contributed by atoms with Gasteiger partial charge in [0.25, 0.3) is 0 Å². The van der Waals surface area contributed by atoms with Crippen LogP contribution in [0.4, 0.5) is 5.82 Å². The molecule has 0 amide bonds. The van der Waals surface area contributed by atoms with Crippen LogP contribution in [0.15, 0.2) is 23.3 Å². The summed E-state index contributed by atoms with van der Waals surface area (Å²) in [5, 5.41) is 3.48. The van der Waals surface area contributed by atoms with Crippen LogP contribution in [0.3, 0.4) is 0 Å². The summed E-state index contributed by atoms with van der Waals surface area (Å²) in [5.74, 6) is 3.52. The molecule has 0 aromatic carbocycles. The number of pyridine rings is 1. The molecule has 3 heterocycles. The molecule has 1 atom stereocenters. The van der Waals surface area contributed by atoms with Crippen molar-refractivity contribution >= 4 is 11.8 Å². The van der Waals surface area contributed by atoms with Crippen LogP contribution in [0.2, 0.25) is 0 Å². The van der Waals surface area contributed by atoms with Gasteiger partial charge in [0.2, 0.25) is 0 Å². The fraction of sp³-hybridized carbons (Fsp3) is 0.700. The van der Waals surface area contributed by atoms with Gasteiger partial charge in [0.1, 0.15) is 5.82 Å². The van der Waals surface area contributed by atoms with Crippen LogP contribution in [0, 0.1) is 11.8 Å². The summed E-state index contributed by atoms with van der Waals surface area (Å²) >= 11 is 0. The first kappa shape index (κ1) is 19.0. The van der Waals surface area contributed by atoms with Crippen molar-refractivity contribution < 1.29 is 4.74 Å². The van der Waals surface area contributed by atoms with Gasteiger partial charge in [-0.25, -0.2) is 4.98 Å². The van der Waals surface area contributed by atoms with Crippen LogP contribution in [-0.4, -0.2) is 62.8 Å². The number of ether oxygens (including phenoxy) is 1. The smallest absolute Gasteiger partial charge is 0.193 e. The second kappa shape index (κ2) is 9.21. The second-order valence-corrected chi connectivity index (χ2v) is 7.65. The fourth-order valence-electron chi connectivity index (χ4n) is 3.86. The first-order valence-electron chi connectivity index (χ1n) is 9.84. The summed E-state index contributed by atoms with van der Waals surface area (Å²) < 4.78 is 5.28. The van der Waals surface area contributed by atoms with E-state index >= 15 is 0 Å². The predicted octanol–water partition coefficient (Wildman–Crippen LogP) is 2.36. The third-order valence-corrected chi connectivity index (χ3v) is 5.57. The second-order valence-electron chi connectivity index (χ2n) is 7.65. The minimum atomic E-state index is 0.603. The van der Waals surface area contributed by atoms with Crippen LogP contribution in [-0.2, 0) is 11.3 Å². The molecule has 2 aliphatic rings. The number of likely N-dealkylation sites (tertiary alicyclic amines) is 1. The van der Waals surface area contributed by atoms with E-state index in [1.165, 1.54) is 24.8 Å². The number of anilines is 1. The van der Waals surface area contributed by atoms with Crippen LogP contribution in [0.1, 0.15) is 31.7 Å². The van der Waals surface area contributed by atoms with Gasteiger partial charge in [-0.15, -0.1) is 0 Å². The summed E-state index contributed by atoms with van der Waals surface area (Å²) in [6, 6.07) is 4.33. The van der Waals surface area contributed by atoms with E-state index in [1.54, 1.807) is 7.11 Å². The van der Waals surface area contributed by atoms with Gasteiger partial charge in [0, 0.05) is 59.0 Å². The quantitative estimate of drug-likeness (QED) is 0.646. The fourth-order valence-corrected chi connectivity index (χ4v) is 3.86. The van der Waals surface area contributed by atoms with E-state index in [9.17, 15) is 0 Å². The van der Waals surface area contributed by atoms with E-state index in [2.05, 4.69) is 44.1 Å². The van der Waals surface area contributed by atoms with E-state index in [-0.39, 0.29) is 0 Å². The SMILES string of the molecule is CN=C(NCc1ccc(N2CCC(C)CC2)nc1)N1CCC(COC)C1. The third-order valence-electron chi connectivity index (χ3n) is 5.57. The van der Waals surface area contributed by atoms with E-state index < -0.39 is 0 Å². The van der Waals surface area contributed by atoms with Crippen molar-refractivity contribution in [3.8, 4) is 0 Å². The first-order valence-corrected chi connectivity index (χ1v) is 9.84. The van der Waals surface area contributed by atoms with E-state index in [1.807, 2.05) is 13.2 Å². The molecular weight excluding hydrogens is 326 g/mol. The summed E-state index contributed by atoms with van der Waals surface area (Å²) in [6.07, 6.45) is 5.69. The van der Waals surface area contributed by atoms with Gasteiger partial charge >= 0.3 is 0 Å². The van der Waals surface area contributed by atoms with Gasteiger partial charge < -0.3 is 19.9 Å². The predicted molar refractivity (Wildman–Crippen MR) is 107 cm³/mol. The lowest BCUT2D eigenvalue weighted by molar-refractivity contribution is 0.157. The lowest BCUT2D eigenvalue weighted by Crippen LogP contribution is -2.39. The highest BCUT2D eigenvalue weighted by Crippen LogP contribution is 2.21. The average Bonchev–Trinajstić information content (AvgIpc) is 3.12. The Morgan fingerprint density at radius 3 is 2.73 bits per heavy atom. The van der Waals surface area contributed by atoms with Gasteiger partial charge in [-0.05, 0) is 36.8 Å². The Morgan fingerprint density at radius 1 is 1.27 bits per heavy atom. The third kappa shape index (κ3) is 4.87. The van der Waals surface area contributed by atoms with Gasteiger partial charge in [-0.2, -0.15) is 0 Å². The monoisotopic (exact) mass is 359 g/mol. The van der Waals surface area contributed by atoms with E-state index in [4.69, 9.17) is 4.74 Å². The molecule has 1 aromatic rings. The molecule has 1 aromatic heterocycles. The number of rotatable bonds is 5. The Hall–Kier alpha value is -1.82. The number of nitrogens with one attached hydrogen (secondary N) is 1. The molecule has 0 radical (unpaired) electrons. The van der Waals surface area contributed by atoms with Crippen molar-refractivity contribution in [3.05, 3.63) is 23.9 Å². The summed E-state index contributed by atoms with van der Waals surface area (Å²) in [4.78, 5) is 13.8. The van der Waals surface area contributed by atoms with Crippen molar-refractivity contribution in [2.75, 3.05) is 51.8 Å². The molecule has 3 rings (SSSR count). The topological polar surface area (TPSA) is 53.0 Å². The Labute approximate surface area is 157 Å². The summed E-state index contributed by atoms with van der Waals surface area (Å²) in [6.45, 7) is 8.21. The minimum Gasteiger partial charge on any atom is -0.384 e. The molecule has 0 saturated carbocycles. The number of hydrogen-bond acceptors (Lipinski definition) is 4. The highest BCUT2D eigenvalue weighted by molar-refractivity contribution is 5.80. The molecule has 6 nitrogen and oxygen atoms in total.